The van der Waals surface area contributed by atoms with E-state index in [1.807, 2.05) is 44.1 Å². The molecular formula is C15H22N2O4. The molecule has 6 heteroatoms. The summed E-state index contributed by atoms with van der Waals surface area (Å²) in [6.45, 7) is 3.77. The zero-order valence-corrected chi connectivity index (χ0v) is 13.0. The van der Waals surface area contributed by atoms with E-state index in [1.54, 1.807) is 6.92 Å². The van der Waals surface area contributed by atoms with Crippen molar-refractivity contribution in [3.8, 4) is 0 Å². The molecule has 0 aliphatic rings. The molecule has 6 nitrogen and oxygen atoms in total. The molecule has 0 aliphatic heterocycles. The summed E-state index contributed by atoms with van der Waals surface area (Å²) >= 11 is 0. The molecule has 0 amide bonds. The molecule has 0 aliphatic carbocycles. The SMILES string of the molecule is CCOC(=O)C(Cc1ccc(N(C)C)cc1CC)[N+](=O)[O-]. The number of carbonyl (C=O) groups is 1. The molecule has 116 valence electrons. The minimum atomic E-state index is -1.35. The van der Waals surface area contributed by atoms with Crippen LogP contribution >= 0.6 is 0 Å². The van der Waals surface area contributed by atoms with Gasteiger partial charge in [0.2, 0.25) is 0 Å². The third-order valence-electron chi connectivity index (χ3n) is 3.31. The fourth-order valence-electron chi connectivity index (χ4n) is 2.11. The van der Waals surface area contributed by atoms with Gasteiger partial charge in [-0.25, -0.2) is 4.79 Å². The number of esters is 1. The summed E-state index contributed by atoms with van der Waals surface area (Å²) in [5.41, 5.74) is 2.86. The lowest BCUT2D eigenvalue weighted by Crippen LogP contribution is -2.33. The summed E-state index contributed by atoms with van der Waals surface area (Å²) in [6, 6.07) is 4.40. The molecule has 0 fully saturated rings. The van der Waals surface area contributed by atoms with Gasteiger partial charge in [-0.05, 0) is 36.6 Å². The van der Waals surface area contributed by atoms with Crippen LogP contribution in [-0.4, -0.2) is 37.6 Å². The normalized spacial score (nSPS) is 11.8. The van der Waals surface area contributed by atoms with Crippen LogP contribution in [0.3, 0.4) is 0 Å². The molecule has 1 unspecified atom stereocenters. The highest BCUT2D eigenvalue weighted by atomic mass is 16.6. The van der Waals surface area contributed by atoms with Gasteiger partial charge in [-0.15, -0.1) is 0 Å². The summed E-state index contributed by atoms with van der Waals surface area (Å²) in [5.74, 6) is -0.777. The quantitative estimate of drug-likeness (QED) is 0.437. The van der Waals surface area contributed by atoms with Crippen molar-refractivity contribution in [1.82, 2.24) is 0 Å². The molecule has 0 bridgehead atoms. The minimum absolute atomic E-state index is 0.0582. The summed E-state index contributed by atoms with van der Waals surface area (Å²) in [5, 5.41) is 11.1. The number of hydrogen-bond donors (Lipinski definition) is 0. The highest BCUT2D eigenvalue weighted by Crippen LogP contribution is 2.20. The lowest BCUT2D eigenvalue weighted by Gasteiger charge is -2.17. The van der Waals surface area contributed by atoms with E-state index in [9.17, 15) is 14.9 Å². The zero-order chi connectivity index (χ0) is 16.0. The average molecular weight is 294 g/mol. The summed E-state index contributed by atoms with van der Waals surface area (Å²) in [4.78, 5) is 24.2. The van der Waals surface area contributed by atoms with E-state index in [-0.39, 0.29) is 13.0 Å². The van der Waals surface area contributed by atoms with E-state index in [0.29, 0.717) is 0 Å². The molecule has 0 heterocycles. The topological polar surface area (TPSA) is 72.7 Å². The molecule has 0 aromatic heterocycles. The van der Waals surface area contributed by atoms with Gasteiger partial charge in [0.1, 0.15) is 0 Å². The van der Waals surface area contributed by atoms with E-state index in [4.69, 9.17) is 4.74 Å². The van der Waals surface area contributed by atoms with Crippen molar-refractivity contribution in [2.45, 2.75) is 32.7 Å². The maximum absolute atomic E-state index is 11.7. The maximum Gasteiger partial charge on any atom is 0.382 e. The molecule has 0 spiro atoms. The maximum atomic E-state index is 11.7. The van der Waals surface area contributed by atoms with Crippen molar-refractivity contribution in [2.24, 2.45) is 0 Å². The number of hydrogen-bond acceptors (Lipinski definition) is 5. The van der Waals surface area contributed by atoms with E-state index in [1.165, 1.54) is 0 Å². The van der Waals surface area contributed by atoms with Crippen molar-refractivity contribution in [3.63, 3.8) is 0 Å². The van der Waals surface area contributed by atoms with Crippen molar-refractivity contribution in [1.29, 1.82) is 0 Å². The first-order valence-corrected chi connectivity index (χ1v) is 6.99. The third kappa shape index (κ3) is 4.44. The Morgan fingerprint density at radius 2 is 2.00 bits per heavy atom. The molecule has 1 aromatic carbocycles. The van der Waals surface area contributed by atoms with E-state index in [0.717, 1.165) is 23.2 Å². The lowest BCUT2D eigenvalue weighted by molar-refractivity contribution is -0.510. The Morgan fingerprint density at radius 1 is 1.33 bits per heavy atom. The predicted molar refractivity (Wildman–Crippen MR) is 81.3 cm³/mol. The Hall–Kier alpha value is -2.11. The molecule has 1 atom stereocenters. The second kappa shape index (κ2) is 7.61. The van der Waals surface area contributed by atoms with Crippen LogP contribution in [0.1, 0.15) is 25.0 Å². The number of aryl methyl sites for hydroxylation is 1. The summed E-state index contributed by atoms with van der Waals surface area (Å²) < 4.78 is 4.78. The third-order valence-corrected chi connectivity index (χ3v) is 3.31. The molecule has 0 N–H and O–H groups in total. The highest BCUT2D eigenvalue weighted by molar-refractivity contribution is 5.75. The zero-order valence-electron chi connectivity index (χ0n) is 13.0. The second-order valence-electron chi connectivity index (χ2n) is 4.96. The number of ether oxygens (including phenoxy) is 1. The van der Waals surface area contributed by atoms with Gasteiger partial charge in [0, 0.05) is 24.7 Å². The van der Waals surface area contributed by atoms with Gasteiger partial charge in [0.25, 0.3) is 0 Å². The molecule has 1 aromatic rings. The monoisotopic (exact) mass is 294 g/mol. The molecule has 21 heavy (non-hydrogen) atoms. The minimum Gasteiger partial charge on any atom is -0.461 e. The molecule has 0 saturated heterocycles. The summed E-state index contributed by atoms with van der Waals surface area (Å²) in [6.07, 6.45) is 0.812. The first-order valence-electron chi connectivity index (χ1n) is 6.99. The Labute approximate surface area is 124 Å². The van der Waals surface area contributed by atoms with Crippen LogP contribution in [0.2, 0.25) is 0 Å². The Balaban J connectivity index is 3.03. The van der Waals surface area contributed by atoms with Crippen LogP contribution < -0.4 is 4.90 Å². The van der Waals surface area contributed by atoms with Gasteiger partial charge in [-0.3, -0.25) is 10.1 Å². The van der Waals surface area contributed by atoms with Crippen LogP contribution in [0, 0.1) is 10.1 Å². The van der Waals surface area contributed by atoms with Gasteiger partial charge in [0.15, 0.2) is 0 Å². The van der Waals surface area contributed by atoms with Crippen molar-refractivity contribution < 1.29 is 14.5 Å². The molecule has 0 saturated carbocycles. The number of carbonyl (C=O) groups excluding carboxylic acids is 1. The van der Waals surface area contributed by atoms with Crippen molar-refractivity contribution in [2.75, 3.05) is 25.6 Å². The predicted octanol–water partition coefficient (Wildman–Crippen LogP) is 2.07. The Kier molecular flexibility index (Phi) is 6.14. The summed E-state index contributed by atoms with van der Waals surface area (Å²) in [7, 11) is 3.87. The number of nitrogens with zero attached hydrogens (tertiary/aromatic N) is 2. The number of anilines is 1. The van der Waals surface area contributed by atoms with Crippen LogP contribution in [0.25, 0.3) is 0 Å². The van der Waals surface area contributed by atoms with E-state index in [2.05, 4.69) is 0 Å². The van der Waals surface area contributed by atoms with E-state index < -0.39 is 16.9 Å². The molecule has 1 rings (SSSR count). The van der Waals surface area contributed by atoms with Crippen LogP contribution in [0.15, 0.2) is 18.2 Å². The molecule has 0 radical (unpaired) electrons. The van der Waals surface area contributed by atoms with Gasteiger partial charge < -0.3 is 9.64 Å². The van der Waals surface area contributed by atoms with Crippen molar-refractivity contribution >= 4 is 11.7 Å². The van der Waals surface area contributed by atoms with E-state index >= 15 is 0 Å². The fourth-order valence-corrected chi connectivity index (χ4v) is 2.11. The van der Waals surface area contributed by atoms with Crippen LogP contribution in [-0.2, 0) is 22.4 Å². The van der Waals surface area contributed by atoms with Crippen LogP contribution in [0.5, 0.6) is 0 Å². The first-order chi connectivity index (χ1) is 9.90. The molecular weight excluding hydrogens is 272 g/mol. The largest absolute Gasteiger partial charge is 0.461 e. The first kappa shape index (κ1) is 16.9. The highest BCUT2D eigenvalue weighted by Gasteiger charge is 2.32. The Morgan fingerprint density at radius 3 is 2.48 bits per heavy atom. The van der Waals surface area contributed by atoms with Crippen molar-refractivity contribution in [3.05, 3.63) is 39.4 Å². The van der Waals surface area contributed by atoms with Crippen LogP contribution in [0.4, 0.5) is 5.69 Å². The lowest BCUT2D eigenvalue weighted by atomic mass is 9.98. The van der Waals surface area contributed by atoms with Gasteiger partial charge in [-0.1, -0.05) is 13.0 Å². The fraction of sp³-hybridized carbons (Fsp3) is 0.533. The second-order valence-corrected chi connectivity index (χ2v) is 4.96. The number of nitro groups is 1. The Bertz CT molecular complexity index is 514. The average Bonchev–Trinajstić information content (AvgIpc) is 2.44. The smallest absolute Gasteiger partial charge is 0.382 e. The standard InChI is InChI=1S/C15H22N2O4/c1-5-11-9-13(16(3)4)8-7-12(11)10-14(17(19)20)15(18)21-6-2/h7-9,14H,5-6,10H2,1-4H3. The van der Waals surface area contributed by atoms with Gasteiger partial charge in [-0.2, -0.15) is 0 Å². The number of benzene rings is 1. The van der Waals surface area contributed by atoms with Gasteiger partial charge in [0.05, 0.1) is 13.0 Å². The number of rotatable bonds is 7. The van der Waals surface area contributed by atoms with Gasteiger partial charge >= 0.3 is 12.0 Å².